The zero-order valence-corrected chi connectivity index (χ0v) is 15.8. The molecule has 1 aliphatic rings. The first-order valence-electron chi connectivity index (χ1n) is 8.77. The Morgan fingerprint density at radius 3 is 2.69 bits per heavy atom. The van der Waals surface area contributed by atoms with E-state index in [1.54, 1.807) is 12.1 Å². The largest absolute Gasteiger partial charge is 0.352 e. The van der Waals surface area contributed by atoms with Crippen LogP contribution in [0.2, 0.25) is 0 Å². The van der Waals surface area contributed by atoms with E-state index >= 15 is 0 Å². The van der Waals surface area contributed by atoms with Crippen LogP contribution in [0.25, 0.3) is 0 Å². The Labute approximate surface area is 153 Å². The van der Waals surface area contributed by atoms with E-state index < -0.39 is 10.0 Å². The van der Waals surface area contributed by atoms with Gasteiger partial charge in [-0.15, -0.1) is 0 Å². The molecule has 2 N–H and O–H groups in total. The van der Waals surface area contributed by atoms with E-state index in [1.807, 2.05) is 24.6 Å². The normalized spacial score (nSPS) is 14.4. The highest BCUT2D eigenvalue weighted by atomic mass is 32.2. The minimum Gasteiger partial charge on any atom is -0.352 e. The molecule has 1 saturated carbocycles. The molecule has 1 aliphatic carbocycles. The summed E-state index contributed by atoms with van der Waals surface area (Å²) in [5.41, 5.74) is 2.41. The van der Waals surface area contributed by atoms with Crippen LogP contribution in [0, 0.1) is 13.8 Å². The summed E-state index contributed by atoms with van der Waals surface area (Å²) in [6, 6.07) is 8.18. The van der Waals surface area contributed by atoms with Crippen molar-refractivity contribution in [3.05, 3.63) is 47.3 Å². The zero-order valence-electron chi connectivity index (χ0n) is 15.0. The van der Waals surface area contributed by atoms with Crippen molar-refractivity contribution < 1.29 is 13.2 Å². The Kier molecular flexibility index (Phi) is 5.43. The van der Waals surface area contributed by atoms with E-state index in [2.05, 4.69) is 15.1 Å². The Bertz CT molecular complexity index is 901. The van der Waals surface area contributed by atoms with E-state index in [1.165, 1.54) is 12.1 Å². The van der Waals surface area contributed by atoms with Gasteiger partial charge in [-0.25, -0.2) is 13.1 Å². The van der Waals surface area contributed by atoms with E-state index in [9.17, 15) is 13.2 Å². The van der Waals surface area contributed by atoms with Crippen LogP contribution < -0.4 is 10.0 Å². The lowest BCUT2D eigenvalue weighted by atomic mass is 10.2. The van der Waals surface area contributed by atoms with Gasteiger partial charge in [-0.1, -0.05) is 6.07 Å². The van der Waals surface area contributed by atoms with E-state index in [0.29, 0.717) is 12.1 Å². The number of hydrogen-bond acceptors (Lipinski definition) is 4. The molecule has 0 aliphatic heterocycles. The molecule has 0 bridgehead atoms. The van der Waals surface area contributed by atoms with Crippen LogP contribution in [0.15, 0.2) is 35.2 Å². The number of aromatic nitrogens is 2. The van der Waals surface area contributed by atoms with Crippen molar-refractivity contribution in [2.24, 2.45) is 0 Å². The molecule has 1 fully saturated rings. The van der Waals surface area contributed by atoms with Gasteiger partial charge in [0.25, 0.3) is 5.91 Å². The van der Waals surface area contributed by atoms with Gasteiger partial charge in [0.1, 0.15) is 0 Å². The molecule has 140 valence electrons. The second-order valence-corrected chi connectivity index (χ2v) is 8.40. The lowest BCUT2D eigenvalue weighted by molar-refractivity contribution is 0.0952. The minimum atomic E-state index is -3.56. The fourth-order valence-corrected chi connectivity index (χ4v) is 4.08. The van der Waals surface area contributed by atoms with E-state index in [-0.39, 0.29) is 16.8 Å². The number of hydrogen-bond donors (Lipinski definition) is 2. The lowest BCUT2D eigenvalue weighted by Gasteiger charge is -2.09. The third-order valence-electron chi connectivity index (χ3n) is 4.24. The first-order valence-corrected chi connectivity index (χ1v) is 10.2. The van der Waals surface area contributed by atoms with Crippen LogP contribution >= 0.6 is 0 Å². The fraction of sp³-hybridized carbons (Fsp3) is 0.444. The number of rotatable bonds is 8. The van der Waals surface area contributed by atoms with Gasteiger partial charge in [-0.2, -0.15) is 5.10 Å². The van der Waals surface area contributed by atoms with Gasteiger partial charge in [0.05, 0.1) is 10.6 Å². The predicted molar refractivity (Wildman–Crippen MR) is 98.4 cm³/mol. The van der Waals surface area contributed by atoms with Crippen LogP contribution in [0.3, 0.4) is 0 Å². The summed E-state index contributed by atoms with van der Waals surface area (Å²) >= 11 is 0. The molecule has 1 heterocycles. The molecular weight excluding hydrogens is 352 g/mol. The predicted octanol–water partition coefficient (Wildman–Crippen LogP) is 1.76. The molecule has 26 heavy (non-hydrogen) atoms. The summed E-state index contributed by atoms with van der Waals surface area (Å²) in [5.74, 6) is -0.276. The highest BCUT2D eigenvalue weighted by Gasteiger charge is 2.28. The van der Waals surface area contributed by atoms with Gasteiger partial charge in [0, 0.05) is 30.4 Å². The molecule has 1 aromatic heterocycles. The molecule has 0 saturated heterocycles. The summed E-state index contributed by atoms with van der Waals surface area (Å²) in [5, 5.41) is 7.21. The van der Waals surface area contributed by atoms with Crippen LogP contribution in [0.4, 0.5) is 0 Å². The third-order valence-corrected chi connectivity index (χ3v) is 5.76. The smallest absolute Gasteiger partial charge is 0.251 e. The number of nitrogens with zero attached hydrogens (tertiary/aromatic N) is 2. The molecule has 0 spiro atoms. The molecule has 0 radical (unpaired) electrons. The summed E-state index contributed by atoms with van der Waals surface area (Å²) in [6.45, 7) is 5.17. The molecular formula is C18H24N4O3S. The van der Waals surface area contributed by atoms with Gasteiger partial charge in [-0.3, -0.25) is 9.48 Å². The van der Waals surface area contributed by atoms with Gasteiger partial charge in [0.2, 0.25) is 10.0 Å². The van der Waals surface area contributed by atoms with Crippen molar-refractivity contribution in [2.45, 2.75) is 50.6 Å². The molecule has 3 rings (SSSR count). The Morgan fingerprint density at radius 2 is 2.04 bits per heavy atom. The van der Waals surface area contributed by atoms with Gasteiger partial charge in [0.15, 0.2) is 0 Å². The Hall–Kier alpha value is -2.19. The number of amides is 1. The highest BCUT2D eigenvalue weighted by Crippen LogP contribution is 2.22. The van der Waals surface area contributed by atoms with Crippen molar-refractivity contribution in [3.63, 3.8) is 0 Å². The second kappa shape index (κ2) is 7.59. The molecule has 2 aromatic rings. The number of sulfonamides is 1. The van der Waals surface area contributed by atoms with Crippen LogP contribution in [-0.2, 0) is 16.6 Å². The van der Waals surface area contributed by atoms with Crippen molar-refractivity contribution >= 4 is 15.9 Å². The van der Waals surface area contributed by atoms with Crippen molar-refractivity contribution in [1.82, 2.24) is 19.8 Å². The quantitative estimate of drug-likeness (QED) is 0.687. The molecule has 8 heteroatoms. The maximum absolute atomic E-state index is 12.3. The first-order chi connectivity index (χ1) is 12.3. The summed E-state index contributed by atoms with van der Waals surface area (Å²) in [6.07, 6.45) is 2.48. The first kappa shape index (κ1) is 18.6. The summed E-state index contributed by atoms with van der Waals surface area (Å²) in [4.78, 5) is 12.4. The van der Waals surface area contributed by atoms with Gasteiger partial charge >= 0.3 is 0 Å². The van der Waals surface area contributed by atoms with Crippen molar-refractivity contribution in [1.29, 1.82) is 0 Å². The molecule has 0 unspecified atom stereocenters. The summed E-state index contributed by atoms with van der Waals surface area (Å²) < 4.78 is 29.0. The maximum atomic E-state index is 12.3. The van der Waals surface area contributed by atoms with Crippen molar-refractivity contribution in [3.8, 4) is 0 Å². The zero-order chi connectivity index (χ0) is 18.7. The average molecular weight is 376 g/mol. The SMILES string of the molecule is Cc1cc(C)n(CCCNC(=O)c2cccc(S(=O)(=O)NC3CC3)c2)n1. The Balaban J connectivity index is 1.54. The van der Waals surface area contributed by atoms with Gasteiger partial charge < -0.3 is 5.32 Å². The third kappa shape index (κ3) is 4.70. The van der Waals surface area contributed by atoms with Crippen molar-refractivity contribution in [2.75, 3.05) is 6.54 Å². The number of carbonyl (C=O) groups excluding carboxylic acids is 1. The second-order valence-electron chi connectivity index (χ2n) is 6.68. The summed E-state index contributed by atoms with van der Waals surface area (Å²) in [7, 11) is -3.56. The maximum Gasteiger partial charge on any atom is 0.251 e. The Morgan fingerprint density at radius 1 is 1.27 bits per heavy atom. The molecule has 0 atom stereocenters. The average Bonchev–Trinajstić information content (AvgIpc) is 3.34. The highest BCUT2D eigenvalue weighted by molar-refractivity contribution is 7.89. The van der Waals surface area contributed by atoms with Crippen LogP contribution in [-0.4, -0.2) is 36.7 Å². The molecule has 1 aromatic carbocycles. The fourth-order valence-electron chi connectivity index (χ4n) is 2.73. The minimum absolute atomic E-state index is 0.0341. The number of aryl methyl sites for hydroxylation is 3. The monoisotopic (exact) mass is 376 g/mol. The number of nitrogens with one attached hydrogen (secondary N) is 2. The van der Waals surface area contributed by atoms with Crippen LogP contribution in [0.1, 0.15) is 41.0 Å². The van der Waals surface area contributed by atoms with E-state index in [0.717, 1.165) is 37.2 Å². The standard InChI is InChI=1S/C18H24N4O3S/c1-13-11-14(2)22(20-13)10-4-9-19-18(23)15-5-3-6-17(12-15)26(24,25)21-16-7-8-16/h3,5-6,11-12,16,21H,4,7-10H2,1-2H3,(H,19,23). The number of benzene rings is 1. The number of carbonyl (C=O) groups is 1. The topological polar surface area (TPSA) is 93.1 Å². The molecule has 7 nitrogen and oxygen atoms in total. The van der Waals surface area contributed by atoms with E-state index in [4.69, 9.17) is 0 Å². The lowest BCUT2D eigenvalue weighted by Crippen LogP contribution is -2.27. The van der Waals surface area contributed by atoms with Crippen LogP contribution in [0.5, 0.6) is 0 Å². The van der Waals surface area contributed by atoms with Gasteiger partial charge in [-0.05, 0) is 57.4 Å². The molecule has 1 amide bonds.